The summed E-state index contributed by atoms with van der Waals surface area (Å²) in [7, 11) is 1.33. The molecule has 1 atom stereocenters. The number of furan rings is 1. The van der Waals surface area contributed by atoms with E-state index in [4.69, 9.17) is 23.6 Å². The number of alkyl halides is 2. The number of pyridine rings is 1. The van der Waals surface area contributed by atoms with Crippen molar-refractivity contribution < 1.29 is 36.6 Å². The number of ether oxygens (including phenoxy) is 3. The lowest BCUT2D eigenvalue weighted by Crippen LogP contribution is -2.31. The number of methoxy groups -OCH3 is 1. The summed E-state index contributed by atoms with van der Waals surface area (Å²) in [5.41, 5.74) is 4.20. The van der Waals surface area contributed by atoms with E-state index in [1.807, 2.05) is 4.57 Å². The molecular formula is C35H28F3N3O5. The number of hydrogen-bond donors (Lipinski definition) is 0. The molecule has 4 heterocycles. The average Bonchev–Trinajstić information content (AvgIpc) is 3.67. The van der Waals surface area contributed by atoms with Crippen molar-refractivity contribution in [2.24, 2.45) is 0 Å². The van der Waals surface area contributed by atoms with Gasteiger partial charge in [-0.15, -0.1) is 0 Å². The fraction of sp³-hybridized carbons (Fsp3) is 0.229. The predicted octanol–water partition coefficient (Wildman–Crippen LogP) is 7.67. The predicted molar refractivity (Wildman–Crippen MR) is 163 cm³/mol. The van der Waals surface area contributed by atoms with E-state index in [1.165, 1.54) is 31.6 Å². The third-order valence-corrected chi connectivity index (χ3v) is 8.19. The number of imidazole rings is 1. The Morgan fingerprint density at radius 1 is 1.04 bits per heavy atom. The zero-order chi connectivity index (χ0) is 31.8. The maximum absolute atomic E-state index is 15.6. The van der Waals surface area contributed by atoms with Crippen LogP contribution in [0.5, 0.6) is 5.88 Å². The van der Waals surface area contributed by atoms with Crippen LogP contribution in [-0.2, 0) is 29.0 Å². The summed E-state index contributed by atoms with van der Waals surface area (Å²) in [5, 5.41) is 0.339. The first-order valence-corrected chi connectivity index (χ1v) is 14.7. The SMILES string of the molecule is COC(=O)c1ccc2nc(Cc3ccc(-c4cccc(OCc5ccc(C(F)F)c6ccoc56)n4)cc3F)n(C[C@@H]3CCO3)c2c1. The van der Waals surface area contributed by atoms with Crippen molar-refractivity contribution >= 4 is 28.0 Å². The van der Waals surface area contributed by atoms with Gasteiger partial charge in [-0.2, -0.15) is 0 Å². The monoisotopic (exact) mass is 627 g/mol. The van der Waals surface area contributed by atoms with Gasteiger partial charge < -0.3 is 23.2 Å². The van der Waals surface area contributed by atoms with Gasteiger partial charge >= 0.3 is 5.97 Å². The summed E-state index contributed by atoms with van der Waals surface area (Å²) in [6.07, 6.45) is -0.0929. The smallest absolute Gasteiger partial charge is 0.337 e. The van der Waals surface area contributed by atoms with Gasteiger partial charge in [0.15, 0.2) is 0 Å². The molecule has 0 amide bonds. The van der Waals surface area contributed by atoms with Crippen molar-refractivity contribution in [3.05, 3.63) is 113 Å². The van der Waals surface area contributed by atoms with Crippen LogP contribution in [0.2, 0.25) is 0 Å². The van der Waals surface area contributed by atoms with Crippen molar-refractivity contribution in [1.29, 1.82) is 0 Å². The highest BCUT2D eigenvalue weighted by Crippen LogP contribution is 2.32. The van der Waals surface area contributed by atoms with Crippen molar-refractivity contribution in [2.45, 2.75) is 38.5 Å². The molecule has 0 saturated carbocycles. The Hall–Kier alpha value is -5.16. The van der Waals surface area contributed by atoms with E-state index in [1.54, 1.807) is 54.6 Å². The molecule has 11 heteroatoms. The summed E-state index contributed by atoms with van der Waals surface area (Å²) in [6, 6.07) is 19.7. The first-order chi connectivity index (χ1) is 22.4. The molecule has 0 radical (unpaired) electrons. The molecule has 1 aliphatic heterocycles. The van der Waals surface area contributed by atoms with Crippen LogP contribution in [0.25, 0.3) is 33.3 Å². The van der Waals surface area contributed by atoms with E-state index in [2.05, 4.69) is 4.98 Å². The summed E-state index contributed by atoms with van der Waals surface area (Å²) >= 11 is 0. The Morgan fingerprint density at radius 2 is 1.89 bits per heavy atom. The van der Waals surface area contributed by atoms with E-state index < -0.39 is 18.2 Å². The number of fused-ring (bicyclic) bond motifs is 2. The largest absolute Gasteiger partial charge is 0.473 e. The zero-order valence-electron chi connectivity index (χ0n) is 24.7. The number of carbonyl (C=O) groups is 1. The van der Waals surface area contributed by atoms with Gasteiger partial charge in [0.25, 0.3) is 6.43 Å². The molecule has 0 aliphatic carbocycles. The normalized spacial score (nSPS) is 14.6. The van der Waals surface area contributed by atoms with Gasteiger partial charge in [0.2, 0.25) is 5.88 Å². The van der Waals surface area contributed by atoms with Gasteiger partial charge in [-0.1, -0.05) is 30.3 Å². The van der Waals surface area contributed by atoms with Crippen LogP contribution in [0.15, 0.2) is 83.5 Å². The van der Waals surface area contributed by atoms with Crippen LogP contribution in [0.1, 0.15) is 45.7 Å². The molecule has 8 nitrogen and oxygen atoms in total. The number of halogens is 3. The number of carbonyl (C=O) groups excluding carboxylic acids is 1. The van der Waals surface area contributed by atoms with E-state index in [9.17, 15) is 13.6 Å². The zero-order valence-corrected chi connectivity index (χ0v) is 24.7. The first-order valence-electron chi connectivity index (χ1n) is 14.7. The molecule has 3 aromatic heterocycles. The summed E-state index contributed by atoms with van der Waals surface area (Å²) in [4.78, 5) is 21.5. The Bertz CT molecular complexity index is 2070. The van der Waals surface area contributed by atoms with Crippen LogP contribution < -0.4 is 4.74 Å². The van der Waals surface area contributed by atoms with E-state index in [0.717, 1.165) is 11.9 Å². The first kappa shape index (κ1) is 29.5. The molecule has 6 aromatic rings. The topological polar surface area (TPSA) is 88.6 Å². The summed E-state index contributed by atoms with van der Waals surface area (Å²) in [5.74, 6) is 0.0793. The lowest BCUT2D eigenvalue weighted by molar-refractivity contribution is -0.0589. The Balaban J connectivity index is 1.11. The highest BCUT2D eigenvalue weighted by molar-refractivity contribution is 5.93. The number of rotatable bonds is 10. The fourth-order valence-electron chi connectivity index (χ4n) is 5.66. The lowest BCUT2D eigenvalue weighted by Gasteiger charge is -2.27. The Labute approximate surface area is 261 Å². The second-order valence-corrected chi connectivity index (χ2v) is 11.0. The van der Waals surface area contributed by atoms with Crippen molar-refractivity contribution in [1.82, 2.24) is 14.5 Å². The number of aromatic nitrogens is 3. The number of hydrogen-bond acceptors (Lipinski definition) is 7. The minimum absolute atomic E-state index is 0.0211. The van der Waals surface area contributed by atoms with E-state index in [-0.39, 0.29) is 30.6 Å². The van der Waals surface area contributed by atoms with Crippen molar-refractivity contribution in [2.75, 3.05) is 13.7 Å². The van der Waals surface area contributed by atoms with Crippen LogP contribution in [0, 0.1) is 5.82 Å². The van der Waals surface area contributed by atoms with Crippen LogP contribution in [0.3, 0.4) is 0 Å². The van der Waals surface area contributed by atoms with Crippen LogP contribution in [-0.4, -0.2) is 40.3 Å². The molecule has 3 aromatic carbocycles. The van der Waals surface area contributed by atoms with E-state index >= 15 is 4.39 Å². The second-order valence-electron chi connectivity index (χ2n) is 11.0. The van der Waals surface area contributed by atoms with E-state index in [0.29, 0.717) is 63.4 Å². The third-order valence-electron chi connectivity index (χ3n) is 8.19. The molecule has 7 rings (SSSR count). The number of nitrogens with zero attached hydrogens (tertiary/aromatic N) is 3. The quantitative estimate of drug-likeness (QED) is 0.144. The average molecular weight is 628 g/mol. The van der Waals surface area contributed by atoms with Crippen molar-refractivity contribution in [3.63, 3.8) is 0 Å². The Morgan fingerprint density at radius 3 is 2.65 bits per heavy atom. The highest BCUT2D eigenvalue weighted by Gasteiger charge is 2.23. The van der Waals surface area contributed by atoms with Gasteiger partial charge in [0.05, 0.1) is 48.3 Å². The number of esters is 1. The highest BCUT2D eigenvalue weighted by atomic mass is 19.3. The molecular weight excluding hydrogens is 599 g/mol. The molecule has 234 valence electrons. The molecule has 0 N–H and O–H groups in total. The molecule has 46 heavy (non-hydrogen) atoms. The molecule has 1 aliphatic rings. The number of benzene rings is 3. The minimum atomic E-state index is -2.62. The maximum Gasteiger partial charge on any atom is 0.337 e. The lowest BCUT2D eigenvalue weighted by atomic mass is 10.1. The Kier molecular flexibility index (Phi) is 7.91. The van der Waals surface area contributed by atoms with Gasteiger partial charge in [0.1, 0.15) is 23.8 Å². The standard InChI is InChI=1S/C35H28F3N3O5/c1-43-35(42)22-8-10-29-30(16-22)41(18-24-11-13-44-24)31(39-29)17-20-5-6-21(15-27(20)36)28-3-2-4-32(40-28)46-19-23-7-9-26(34(37)38)25-12-14-45-33(23)25/h2-10,12,14-16,24,34H,11,13,17-19H2,1H3/t24-/m0/s1. The van der Waals surface area contributed by atoms with Gasteiger partial charge in [-0.25, -0.2) is 27.9 Å². The molecule has 0 unspecified atom stereocenters. The second kappa shape index (κ2) is 12.3. The summed E-state index contributed by atoms with van der Waals surface area (Å²) < 4.78 is 66.2. The van der Waals surface area contributed by atoms with Crippen LogP contribution >= 0.6 is 0 Å². The fourth-order valence-corrected chi connectivity index (χ4v) is 5.66. The molecule has 1 fully saturated rings. The maximum atomic E-state index is 15.6. The molecule has 0 spiro atoms. The van der Waals surface area contributed by atoms with Gasteiger partial charge in [-0.05, 0) is 48.4 Å². The summed E-state index contributed by atoms with van der Waals surface area (Å²) in [6.45, 7) is 1.28. The van der Waals surface area contributed by atoms with Gasteiger partial charge in [0, 0.05) is 41.2 Å². The van der Waals surface area contributed by atoms with Crippen LogP contribution in [0.4, 0.5) is 13.2 Å². The minimum Gasteiger partial charge on any atom is -0.473 e. The molecule has 1 saturated heterocycles. The third kappa shape index (κ3) is 5.69. The molecule has 0 bridgehead atoms. The van der Waals surface area contributed by atoms with Crippen molar-refractivity contribution in [3.8, 4) is 17.1 Å². The van der Waals surface area contributed by atoms with Gasteiger partial charge in [-0.3, -0.25) is 0 Å².